The number of amides is 2. The Hall–Kier alpha value is -3.98. The largest absolute Gasteiger partial charge is 0.441 e. The van der Waals surface area contributed by atoms with E-state index in [9.17, 15) is 31.9 Å². The first-order chi connectivity index (χ1) is 22.5. The topological polar surface area (TPSA) is 94.0 Å². The van der Waals surface area contributed by atoms with Crippen molar-refractivity contribution in [1.82, 2.24) is 14.7 Å². The van der Waals surface area contributed by atoms with Crippen LogP contribution in [0.3, 0.4) is 0 Å². The second-order valence-electron chi connectivity index (χ2n) is 13.5. The van der Waals surface area contributed by atoms with Gasteiger partial charge in [0, 0.05) is 75.6 Å². The van der Waals surface area contributed by atoms with Gasteiger partial charge in [-0.1, -0.05) is 0 Å². The van der Waals surface area contributed by atoms with Gasteiger partial charge in [0.05, 0.1) is 23.7 Å². The van der Waals surface area contributed by atoms with Crippen molar-refractivity contribution in [3.05, 3.63) is 70.3 Å². The van der Waals surface area contributed by atoms with Crippen LogP contribution >= 0.6 is 0 Å². The highest BCUT2D eigenvalue weighted by atomic mass is 19.1. The van der Waals surface area contributed by atoms with E-state index >= 15 is 0 Å². The molecule has 3 aliphatic heterocycles. The Morgan fingerprint density at radius 3 is 2.15 bits per heavy atom. The molecule has 4 fully saturated rings. The third-order valence-electron chi connectivity index (χ3n) is 10.5. The fourth-order valence-electron chi connectivity index (χ4n) is 7.69. The highest BCUT2D eigenvalue weighted by Gasteiger charge is 2.47. The van der Waals surface area contributed by atoms with E-state index in [4.69, 9.17) is 10.00 Å². The molecule has 1 spiro atoms. The standard InChI is InChI=1S/C35H38F4N4O4/c36-26-5-6-27(31(39)17-26)32(44)24-7-11-42(12-8-24)33(45)25-3-1-22(2-4-25)19-43-21-35(47-34(43)46)9-13-41(14-10-35)20-28-29(37)15-23(18-40)16-30(28)38/h5-6,15-17,22,24-25H,1-4,7-14,19-21H2. The first-order valence-corrected chi connectivity index (χ1v) is 16.4. The Morgan fingerprint density at radius 2 is 1.53 bits per heavy atom. The first kappa shape index (κ1) is 32.9. The summed E-state index contributed by atoms with van der Waals surface area (Å²) in [5.74, 6) is -3.61. The molecular formula is C35H38F4N4O4. The zero-order chi connectivity index (χ0) is 33.3. The molecule has 2 amide bonds. The average molecular weight is 655 g/mol. The molecule has 3 heterocycles. The lowest BCUT2D eigenvalue weighted by molar-refractivity contribution is -0.138. The molecule has 8 nitrogen and oxygen atoms in total. The highest BCUT2D eigenvalue weighted by molar-refractivity contribution is 5.98. The van der Waals surface area contributed by atoms with Gasteiger partial charge in [0.15, 0.2) is 5.78 Å². The van der Waals surface area contributed by atoms with E-state index in [2.05, 4.69) is 0 Å². The number of carbonyl (C=O) groups is 3. The molecule has 3 saturated heterocycles. The van der Waals surface area contributed by atoms with Crippen LogP contribution in [0.15, 0.2) is 30.3 Å². The van der Waals surface area contributed by atoms with Crippen molar-refractivity contribution in [3.8, 4) is 6.07 Å². The van der Waals surface area contributed by atoms with E-state index in [1.54, 1.807) is 15.9 Å². The summed E-state index contributed by atoms with van der Waals surface area (Å²) in [6.45, 7) is 2.98. The smallest absolute Gasteiger partial charge is 0.410 e. The number of nitriles is 1. The number of likely N-dealkylation sites (tertiary alicyclic amines) is 2. The number of benzene rings is 2. The lowest BCUT2D eigenvalue weighted by Gasteiger charge is -2.38. The van der Waals surface area contributed by atoms with E-state index in [0.717, 1.165) is 31.0 Å². The van der Waals surface area contributed by atoms with Gasteiger partial charge >= 0.3 is 6.09 Å². The summed E-state index contributed by atoms with van der Waals surface area (Å²) in [5.41, 5.74) is -0.870. The number of Topliss-reactive ketones (excluding diaryl/α,β-unsaturated/α-hetero) is 1. The number of hydrogen-bond acceptors (Lipinski definition) is 6. The number of carbonyl (C=O) groups excluding carboxylic acids is 3. The van der Waals surface area contributed by atoms with Crippen LogP contribution in [0.2, 0.25) is 0 Å². The second kappa shape index (κ2) is 13.6. The number of piperidine rings is 2. The molecule has 2 aromatic carbocycles. The van der Waals surface area contributed by atoms with Crippen LogP contribution < -0.4 is 0 Å². The summed E-state index contributed by atoms with van der Waals surface area (Å²) >= 11 is 0. The molecular weight excluding hydrogens is 616 g/mol. The summed E-state index contributed by atoms with van der Waals surface area (Å²) < 4.78 is 62.1. The molecule has 4 aliphatic rings. The van der Waals surface area contributed by atoms with Crippen LogP contribution in [0.4, 0.5) is 22.4 Å². The van der Waals surface area contributed by atoms with Crippen LogP contribution in [0.1, 0.15) is 72.9 Å². The van der Waals surface area contributed by atoms with Crippen molar-refractivity contribution in [2.75, 3.05) is 39.3 Å². The molecule has 1 aliphatic carbocycles. The minimum absolute atomic E-state index is 0.0613. The maximum Gasteiger partial charge on any atom is 0.410 e. The molecule has 0 atom stereocenters. The van der Waals surface area contributed by atoms with Crippen LogP contribution in [-0.2, 0) is 16.1 Å². The minimum atomic E-state index is -0.861. The van der Waals surface area contributed by atoms with Crippen molar-refractivity contribution in [2.45, 2.75) is 63.5 Å². The number of hydrogen-bond donors (Lipinski definition) is 0. The van der Waals surface area contributed by atoms with Gasteiger partial charge in [0.25, 0.3) is 0 Å². The Balaban J connectivity index is 0.933. The quantitative estimate of drug-likeness (QED) is 0.276. The summed E-state index contributed by atoms with van der Waals surface area (Å²) in [5, 5.41) is 8.93. The van der Waals surface area contributed by atoms with Crippen molar-refractivity contribution < 1.29 is 36.7 Å². The van der Waals surface area contributed by atoms with E-state index in [1.807, 2.05) is 4.90 Å². The number of ether oxygens (including phenoxy) is 1. The number of ketones is 1. The summed E-state index contributed by atoms with van der Waals surface area (Å²) in [6, 6.07) is 6.81. The van der Waals surface area contributed by atoms with Gasteiger partial charge in [-0.05, 0) is 68.7 Å². The Kier molecular flexibility index (Phi) is 9.55. The molecule has 250 valence electrons. The van der Waals surface area contributed by atoms with Gasteiger partial charge in [0.2, 0.25) is 5.91 Å². The maximum absolute atomic E-state index is 14.4. The maximum atomic E-state index is 14.4. The zero-order valence-electron chi connectivity index (χ0n) is 26.2. The van der Waals surface area contributed by atoms with Crippen LogP contribution in [-0.4, -0.2) is 77.4 Å². The van der Waals surface area contributed by atoms with Gasteiger partial charge < -0.3 is 14.5 Å². The number of rotatable bonds is 7. The molecule has 0 bridgehead atoms. The average Bonchev–Trinajstić information content (AvgIpc) is 3.36. The zero-order valence-corrected chi connectivity index (χ0v) is 26.2. The molecule has 2 aromatic rings. The fourth-order valence-corrected chi connectivity index (χ4v) is 7.69. The molecule has 0 N–H and O–H groups in total. The minimum Gasteiger partial charge on any atom is -0.441 e. The third-order valence-corrected chi connectivity index (χ3v) is 10.5. The molecule has 47 heavy (non-hydrogen) atoms. The van der Waals surface area contributed by atoms with E-state index in [-0.39, 0.29) is 52.9 Å². The van der Waals surface area contributed by atoms with Crippen LogP contribution in [0.5, 0.6) is 0 Å². The van der Waals surface area contributed by atoms with Crippen LogP contribution in [0.25, 0.3) is 0 Å². The SMILES string of the molecule is N#Cc1cc(F)c(CN2CCC3(CC2)CN(CC2CCC(C(=O)N4CCC(C(=O)c5ccc(F)cc5F)CC4)CC2)C(=O)O3)c(F)c1. The van der Waals surface area contributed by atoms with E-state index < -0.39 is 34.8 Å². The lowest BCUT2D eigenvalue weighted by atomic mass is 9.80. The van der Waals surface area contributed by atoms with Gasteiger partial charge in [-0.3, -0.25) is 14.5 Å². The Labute approximate surface area is 271 Å². The monoisotopic (exact) mass is 654 g/mol. The number of halogens is 4. The molecule has 0 aromatic heterocycles. The fraction of sp³-hybridized carbons (Fsp3) is 0.543. The summed E-state index contributed by atoms with van der Waals surface area (Å²) in [6.07, 6.45) is 4.69. The molecule has 0 unspecified atom stereocenters. The summed E-state index contributed by atoms with van der Waals surface area (Å²) in [7, 11) is 0. The normalized spacial score (nSPS) is 23.5. The van der Waals surface area contributed by atoms with E-state index in [0.29, 0.717) is 83.9 Å². The molecule has 0 radical (unpaired) electrons. The van der Waals surface area contributed by atoms with Crippen molar-refractivity contribution in [1.29, 1.82) is 5.26 Å². The Bertz CT molecular complexity index is 1550. The lowest BCUT2D eigenvalue weighted by Crippen LogP contribution is -2.47. The van der Waals surface area contributed by atoms with Crippen LogP contribution in [0, 0.1) is 52.4 Å². The van der Waals surface area contributed by atoms with Crippen molar-refractivity contribution in [3.63, 3.8) is 0 Å². The van der Waals surface area contributed by atoms with Gasteiger partial charge in [0.1, 0.15) is 28.9 Å². The molecule has 6 rings (SSSR count). The second-order valence-corrected chi connectivity index (χ2v) is 13.5. The predicted molar refractivity (Wildman–Crippen MR) is 162 cm³/mol. The van der Waals surface area contributed by atoms with Crippen molar-refractivity contribution >= 4 is 17.8 Å². The van der Waals surface area contributed by atoms with Gasteiger partial charge in [-0.25, -0.2) is 22.4 Å². The molecule has 1 saturated carbocycles. The predicted octanol–water partition coefficient (Wildman–Crippen LogP) is 5.83. The van der Waals surface area contributed by atoms with E-state index in [1.165, 1.54) is 6.07 Å². The molecule has 12 heteroatoms. The number of nitrogens with zero attached hydrogens (tertiary/aromatic N) is 4. The van der Waals surface area contributed by atoms with Gasteiger partial charge in [-0.2, -0.15) is 5.26 Å². The third kappa shape index (κ3) is 7.15. The van der Waals surface area contributed by atoms with Gasteiger partial charge in [-0.15, -0.1) is 0 Å². The highest BCUT2D eigenvalue weighted by Crippen LogP contribution is 2.37. The summed E-state index contributed by atoms with van der Waals surface area (Å²) in [4.78, 5) is 44.4. The Morgan fingerprint density at radius 1 is 0.872 bits per heavy atom. The van der Waals surface area contributed by atoms with Crippen molar-refractivity contribution in [2.24, 2.45) is 17.8 Å². The first-order valence-electron chi connectivity index (χ1n) is 16.4.